The summed E-state index contributed by atoms with van der Waals surface area (Å²) in [5.41, 5.74) is 2.51. The number of isocyanates is 1. The highest BCUT2D eigenvalue weighted by Crippen LogP contribution is 2.48. The summed E-state index contributed by atoms with van der Waals surface area (Å²) in [5, 5.41) is 0. The topological polar surface area (TPSA) is 29.4 Å². The Kier molecular flexibility index (Phi) is 3.52. The minimum atomic E-state index is -0.240. The summed E-state index contributed by atoms with van der Waals surface area (Å²) < 4.78 is 0. The molecule has 0 aromatic heterocycles. The maximum Gasteiger partial charge on any atom is 0.235 e. The molecule has 3 rings (SSSR count). The van der Waals surface area contributed by atoms with Crippen molar-refractivity contribution in [3.63, 3.8) is 0 Å². The van der Waals surface area contributed by atoms with Crippen molar-refractivity contribution in [2.24, 2.45) is 4.99 Å². The molecule has 0 unspecified atom stereocenters. The van der Waals surface area contributed by atoms with Gasteiger partial charge in [0.2, 0.25) is 6.08 Å². The molecule has 0 atom stereocenters. The van der Waals surface area contributed by atoms with Crippen molar-refractivity contribution in [2.45, 2.75) is 62.8 Å². The van der Waals surface area contributed by atoms with Crippen LogP contribution in [-0.2, 0) is 10.3 Å². The van der Waals surface area contributed by atoms with Gasteiger partial charge in [0.15, 0.2) is 0 Å². The Hall–Kier alpha value is -1.40. The maximum absolute atomic E-state index is 10.8. The molecular weight excluding hydrogens is 234 g/mol. The van der Waals surface area contributed by atoms with Crippen molar-refractivity contribution in [3.8, 4) is 0 Å². The van der Waals surface area contributed by atoms with E-state index in [0.29, 0.717) is 5.92 Å². The minimum Gasteiger partial charge on any atom is -0.211 e. The number of benzene rings is 1. The van der Waals surface area contributed by atoms with Crippen LogP contribution in [0.2, 0.25) is 0 Å². The van der Waals surface area contributed by atoms with Crippen LogP contribution in [0.1, 0.15) is 68.4 Å². The quantitative estimate of drug-likeness (QED) is 0.579. The lowest BCUT2D eigenvalue weighted by Gasteiger charge is -2.40. The van der Waals surface area contributed by atoms with E-state index in [2.05, 4.69) is 29.3 Å². The first-order valence-electron chi connectivity index (χ1n) is 7.54. The Bertz CT molecular complexity index is 492. The van der Waals surface area contributed by atoms with Gasteiger partial charge in [-0.15, -0.1) is 0 Å². The molecule has 2 heteroatoms. The molecule has 2 aliphatic carbocycles. The van der Waals surface area contributed by atoms with E-state index in [4.69, 9.17) is 0 Å². The van der Waals surface area contributed by atoms with Crippen molar-refractivity contribution in [2.75, 3.05) is 0 Å². The number of hydrogen-bond donors (Lipinski definition) is 0. The number of aliphatic imine (C=N–C) groups is 1. The van der Waals surface area contributed by atoms with Crippen LogP contribution in [0, 0.1) is 0 Å². The molecule has 2 saturated carbocycles. The van der Waals surface area contributed by atoms with Gasteiger partial charge >= 0.3 is 0 Å². The van der Waals surface area contributed by atoms with Crippen molar-refractivity contribution in [1.82, 2.24) is 0 Å². The second-order valence-corrected chi connectivity index (χ2v) is 6.01. The predicted molar refractivity (Wildman–Crippen MR) is 75.9 cm³/mol. The first-order chi connectivity index (χ1) is 9.36. The molecule has 2 aliphatic rings. The minimum absolute atomic E-state index is 0.240. The fraction of sp³-hybridized carbons (Fsp3) is 0.588. The highest BCUT2D eigenvalue weighted by Gasteiger charge is 2.41. The molecule has 1 aromatic carbocycles. The van der Waals surface area contributed by atoms with Crippen molar-refractivity contribution in [1.29, 1.82) is 0 Å². The molecular formula is C17H21NO. The Morgan fingerprint density at radius 2 is 1.79 bits per heavy atom. The maximum atomic E-state index is 10.8. The van der Waals surface area contributed by atoms with Gasteiger partial charge in [-0.2, -0.15) is 4.99 Å². The Morgan fingerprint density at radius 1 is 1.05 bits per heavy atom. The van der Waals surface area contributed by atoms with Crippen LogP contribution in [0.3, 0.4) is 0 Å². The summed E-state index contributed by atoms with van der Waals surface area (Å²) in [7, 11) is 0. The van der Waals surface area contributed by atoms with Crippen LogP contribution >= 0.6 is 0 Å². The van der Waals surface area contributed by atoms with E-state index in [1.54, 1.807) is 0 Å². The van der Waals surface area contributed by atoms with E-state index in [-0.39, 0.29) is 5.54 Å². The second-order valence-electron chi connectivity index (χ2n) is 6.01. The monoisotopic (exact) mass is 255 g/mol. The molecule has 0 saturated heterocycles. The largest absolute Gasteiger partial charge is 0.235 e. The van der Waals surface area contributed by atoms with E-state index in [9.17, 15) is 4.79 Å². The van der Waals surface area contributed by atoms with E-state index in [1.165, 1.54) is 49.7 Å². The smallest absolute Gasteiger partial charge is 0.211 e. The number of hydrogen-bond acceptors (Lipinski definition) is 2. The summed E-state index contributed by atoms with van der Waals surface area (Å²) in [5.74, 6) is 0.671. The molecule has 0 heterocycles. The summed E-state index contributed by atoms with van der Waals surface area (Å²) >= 11 is 0. The SMILES string of the molecule is O=C=NC1(c2ccccc2C2CCCCC2)CCC1. The van der Waals surface area contributed by atoms with Gasteiger partial charge in [-0.1, -0.05) is 43.5 Å². The van der Waals surface area contributed by atoms with Gasteiger partial charge in [-0.25, -0.2) is 4.79 Å². The Balaban J connectivity index is 1.98. The van der Waals surface area contributed by atoms with Gasteiger partial charge < -0.3 is 0 Å². The van der Waals surface area contributed by atoms with Crippen molar-refractivity contribution >= 4 is 6.08 Å². The highest BCUT2D eigenvalue weighted by molar-refractivity contribution is 5.43. The highest BCUT2D eigenvalue weighted by atomic mass is 16.1. The zero-order valence-corrected chi connectivity index (χ0v) is 11.4. The zero-order valence-electron chi connectivity index (χ0n) is 11.4. The first kappa shape index (κ1) is 12.6. The van der Waals surface area contributed by atoms with Crippen molar-refractivity contribution in [3.05, 3.63) is 35.4 Å². The molecule has 2 nitrogen and oxygen atoms in total. The van der Waals surface area contributed by atoms with Crippen LogP contribution in [0.4, 0.5) is 0 Å². The molecule has 0 spiro atoms. The fourth-order valence-corrected chi connectivity index (χ4v) is 3.73. The average Bonchev–Trinajstić information content (AvgIpc) is 2.44. The summed E-state index contributed by atoms with van der Waals surface area (Å²) in [6.07, 6.45) is 11.6. The van der Waals surface area contributed by atoms with Crippen LogP contribution in [0.15, 0.2) is 29.3 Å². The normalized spacial score (nSPS) is 22.3. The molecule has 0 radical (unpaired) electrons. The zero-order chi connectivity index (χ0) is 13.1. The second kappa shape index (κ2) is 5.30. The summed E-state index contributed by atoms with van der Waals surface area (Å²) in [6.45, 7) is 0. The molecule has 19 heavy (non-hydrogen) atoms. The fourth-order valence-electron chi connectivity index (χ4n) is 3.73. The average molecular weight is 255 g/mol. The molecule has 0 amide bonds. The lowest BCUT2D eigenvalue weighted by atomic mass is 9.68. The Morgan fingerprint density at radius 3 is 2.42 bits per heavy atom. The summed E-state index contributed by atoms with van der Waals surface area (Å²) in [4.78, 5) is 15.0. The number of carbonyl (C=O) groups excluding carboxylic acids is 1. The molecule has 0 N–H and O–H groups in total. The van der Waals surface area contributed by atoms with Gasteiger partial charge in [0.25, 0.3) is 0 Å². The van der Waals surface area contributed by atoms with Crippen LogP contribution in [0.5, 0.6) is 0 Å². The molecule has 0 aliphatic heterocycles. The van der Waals surface area contributed by atoms with E-state index in [0.717, 1.165) is 12.8 Å². The van der Waals surface area contributed by atoms with Gasteiger partial charge in [0, 0.05) is 0 Å². The lowest BCUT2D eigenvalue weighted by Crippen LogP contribution is -2.33. The van der Waals surface area contributed by atoms with E-state index >= 15 is 0 Å². The molecule has 100 valence electrons. The van der Waals surface area contributed by atoms with Gasteiger partial charge in [0.05, 0.1) is 5.54 Å². The third kappa shape index (κ3) is 2.26. The van der Waals surface area contributed by atoms with Crippen LogP contribution in [-0.4, -0.2) is 6.08 Å². The Labute approximate surface area is 114 Å². The number of nitrogens with zero attached hydrogens (tertiary/aromatic N) is 1. The van der Waals surface area contributed by atoms with E-state index < -0.39 is 0 Å². The molecule has 1 aromatic rings. The standard InChI is InChI=1S/C17H21NO/c19-13-18-17(11-6-12-17)16-10-5-4-9-15(16)14-7-2-1-3-8-14/h4-5,9-10,14H,1-3,6-8,11-12H2. The van der Waals surface area contributed by atoms with Crippen LogP contribution in [0.25, 0.3) is 0 Å². The van der Waals surface area contributed by atoms with Gasteiger partial charge in [0.1, 0.15) is 0 Å². The summed E-state index contributed by atoms with van der Waals surface area (Å²) in [6, 6.07) is 8.65. The first-order valence-corrected chi connectivity index (χ1v) is 7.54. The number of rotatable bonds is 3. The third-order valence-corrected chi connectivity index (χ3v) is 4.95. The molecule has 0 bridgehead atoms. The predicted octanol–water partition coefficient (Wildman–Crippen LogP) is 4.45. The van der Waals surface area contributed by atoms with Crippen LogP contribution < -0.4 is 0 Å². The van der Waals surface area contributed by atoms with E-state index in [1.807, 2.05) is 6.08 Å². The lowest BCUT2D eigenvalue weighted by molar-refractivity contribution is 0.251. The molecule has 2 fully saturated rings. The third-order valence-electron chi connectivity index (χ3n) is 4.95. The van der Waals surface area contributed by atoms with Gasteiger partial charge in [-0.05, 0) is 49.1 Å². The van der Waals surface area contributed by atoms with Gasteiger partial charge in [-0.3, -0.25) is 0 Å². The van der Waals surface area contributed by atoms with Crippen molar-refractivity contribution < 1.29 is 4.79 Å².